The second-order valence-corrected chi connectivity index (χ2v) is 6.68. The summed E-state index contributed by atoms with van der Waals surface area (Å²) >= 11 is 0. The summed E-state index contributed by atoms with van der Waals surface area (Å²) in [4.78, 5) is 2.69. The van der Waals surface area contributed by atoms with Crippen LogP contribution in [0.4, 0.5) is 0 Å². The molecule has 116 valence electrons. The van der Waals surface area contributed by atoms with E-state index in [0.29, 0.717) is 6.04 Å². The second kappa shape index (κ2) is 6.37. The molecule has 3 nitrogen and oxygen atoms in total. The number of fused-ring (bicyclic) bond motifs is 1. The Morgan fingerprint density at radius 1 is 1.14 bits per heavy atom. The molecule has 1 aromatic rings. The highest BCUT2D eigenvalue weighted by atomic mass is 16.5. The number of ether oxygens (including phenoxy) is 1. The van der Waals surface area contributed by atoms with Crippen LogP contribution >= 0.6 is 0 Å². The van der Waals surface area contributed by atoms with Crippen molar-refractivity contribution in [1.29, 1.82) is 0 Å². The molecule has 1 saturated carbocycles. The zero-order valence-electron chi connectivity index (χ0n) is 13.3. The van der Waals surface area contributed by atoms with Gasteiger partial charge in [0.1, 0.15) is 5.75 Å². The summed E-state index contributed by atoms with van der Waals surface area (Å²) in [6.45, 7) is 3.52. The predicted molar refractivity (Wildman–Crippen MR) is 86.5 cm³/mol. The number of nitrogens with two attached hydrogens (primary N) is 1. The van der Waals surface area contributed by atoms with Crippen LogP contribution in [-0.4, -0.2) is 30.6 Å². The molecular weight excluding hydrogens is 260 g/mol. The lowest BCUT2D eigenvalue weighted by atomic mass is 9.88. The van der Waals surface area contributed by atoms with Crippen molar-refractivity contribution >= 4 is 0 Å². The van der Waals surface area contributed by atoms with Gasteiger partial charge in [-0.25, -0.2) is 0 Å². The maximum atomic E-state index is 6.56. The minimum atomic E-state index is 0.0789. The minimum absolute atomic E-state index is 0.0789. The van der Waals surface area contributed by atoms with Gasteiger partial charge in [-0.1, -0.05) is 18.6 Å². The van der Waals surface area contributed by atoms with Crippen molar-refractivity contribution in [1.82, 2.24) is 4.90 Å². The molecule has 2 fully saturated rings. The van der Waals surface area contributed by atoms with E-state index in [1.165, 1.54) is 44.2 Å². The normalized spacial score (nSPS) is 28.9. The number of likely N-dealkylation sites (tertiary alicyclic amines) is 1. The van der Waals surface area contributed by atoms with E-state index in [-0.39, 0.29) is 6.04 Å². The van der Waals surface area contributed by atoms with Gasteiger partial charge in [0.05, 0.1) is 7.11 Å². The lowest BCUT2D eigenvalue weighted by molar-refractivity contribution is 0.0631. The molecule has 1 aliphatic carbocycles. The Labute approximate surface area is 128 Å². The zero-order valence-corrected chi connectivity index (χ0v) is 13.3. The first-order valence-electron chi connectivity index (χ1n) is 8.36. The quantitative estimate of drug-likeness (QED) is 0.923. The van der Waals surface area contributed by atoms with Gasteiger partial charge in [-0.05, 0) is 62.8 Å². The lowest BCUT2D eigenvalue weighted by Gasteiger charge is -2.43. The fourth-order valence-electron chi connectivity index (χ4n) is 4.31. The molecule has 1 heterocycles. The van der Waals surface area contributed by atoms with Crippen LogP contribution in [0.2, 0.25) is 0 Å². The van der Waals surface area contributed by atoms with Crippen LogP contribution in [0, 0.1) is 5.92 Å². The maximum absolute atomic E-state index is 6.56. The standard InChI is InChI=1S/C18H28N2O/c1-13(18(19)15-8-10-16(21-2)11-9-15)20-12-4-6-14-5-3-7-17(14)20/h8-11,13-14,17-18H,3-7,12,19H2,1-2H3. The summed E-state index contributed by atoms with van der Waals surface area (Å²) in [5.74, 6) is 1.82. The van der Waals surface area contributed by atoms with Gasteiger partial charge >= 0.3 is 0 Å². The second-order valence-electron chi connectivity index (χ2n) is 6.68. The van der Waals surface area contributed by atoms with Crippen LogP contribution in [0.5, 0.6) is 5.75 Å². The van der Waals surface area contributed by atoms with Gasteiger partial charge in [-0.2, -0.15) is 0 Å². The number of benzene rings is 1. The summed E-state index contributed by atoms with van der Waals surface area (Å²) in [7, 11) is 1.70. The monoisotopic (exact) mass is 288 g/mol. The molecule has 0 amide bonds. The van der Waals surface area contributed by atoms with Gasteiger partial charge < -0.3 is 10.5 Å². The SMILES string of the molecule is COc1ccc(C(N)C(C)N2CCCC3CCCC32)cc1. The van der Waals surface area contributed by atoms with Crippen molar-refractivity contribution in [3.63, 3.8) is 0 Å². The fraction of sp³-hybridized carbons (Fsp3) is 0.667. The Morgan fingerprint density at radius 2 is 1.86 bits per heavy atom. The molecule has 0 aromatic heterocycles. The van der Waals surface area contributed by atoms with Crippen LogP contribution in [0.1, 0.15) is 50.6 Å². The maximum Gasteiger partial charge on any atom is 0.118 e. The Kier molecular flexibility index (Phi) is 4.51. The molecule has 1 saturated heterocycles. The largest absolute Gasteiger partial charge is 0.497 e. The molecule has 2 N–H and O–H groups in total. The average molecular weight is 288 g/mol. The number of hydrogen-bond donors (Lipinski definition) is 1. The first kappa shape index (κ1) is 14.9. The van der Waals surface area contributed by atoms with Crippen molar-refractivity contribution in [2.45, 2.75) is 57.2 Å². The van der Waals surface area contributed by atoms with Gasteiger partial charge in [0.25, 0.3) is 0 Å². The molecule has 3 rings (SSSR count). The van der Waals surface area contributed by atoms with E-state index < -0.39 is 0 Å². The van der Waals surface area contributed by atoms with E-state index in [0.717, 1.165) is 17.7 Å². The van der Waals surface area contributed by atoms with Crippen LogP contribution in [0.25, 0.3) is 0 Å². The fourth-order valence-corrected chi connectivity index (χ4v) is 4.31. The van der Waals surface area contributed by atoms with Crippen LogP contribution in [0.3, 0.4) is 0 Å². The van der Waals surface area contributed by atoms with E-state index in [2.05, 4.69) is 24.0 Å². The molecule has 4 unspecified atom stereocenters. The van der Waals surface area contributed by atoms with Crippen LogP contribution in [0.15, 0.2) is 24.3 Å². The first-order chi connectivity index (χ1) is 10.2. The molecule has 0 radical (unpaired) electrons. The van der Waals surface area contributed by atoms with Gasteiger partial charge in [0.15, 0.2) is 0 Å². The third kappa shape index (κ3) is 2.95. The van der Waals surface area contributed by atoms with Gasteiger partial charge in [0, 0.05) is 18.1 Å². The number of piperidine rings is 1. The minimum Gasteiger partial charge on any atom is -0.497 e. The van der Waals surface area contributed by atoms with Crippen molar-refractivity contribution in [2.24, 2.45) is 11.7 Å². The van der Waals surface area contributed by atoms with Crippen molar-refractivity contribution < 1.29 is 4.74 Å². The Hall–Kier alpha value is -1.06. The highest BCUT2D eigenvalue weighted by molar-refractivity contribution is 5.29. The summed E-state index contributed by atoms with van der Waals surface area (Å²) in [6.07, 6.45) is 6.94. The zero-order chi connectivity index (χ0) is 14.8. The number of hydrogen-bond acceptors (Lipinski definition) is 3. The molecule has 21 heavy (non-hydrogen) atoms. The molecular formula is C18H28N2O. The summed E-state index contributed by atoms with van der Waals surface area (Å²) in [6, 6.07) is 9.50. The predicted octanol–water partition coefficient (Wildman–Crippen LogP) is 3.35. The van der Waals surface area contributed by atoms with Gasteiger partial charge in [-0.15, -0.1) is 0 Å². The highest BCUT2D eigenvalue weighted by Crippen LogP contribution is 2.39. The van der Waals surface area contributed by atoms with E-state index in [1.807, 2.05) is 12.1 Å². The smallest absolute Gasteiger partial charge is 0.118 e. The van der Waals surface area contributed by atoms with Gasteiger partial charge in [0.2, 0.25) is 0 Å². The van der Waals surface area contributed by atoms with E-state index >= 15 is 0 Å². The third-order valence-electron chi connectivity index (χ3n) is 5.58. The van der Waals surface area contributed by atoms with Crippen LogP contribution in [-0.2, 0) is 0 Å². The average Bonchev–Trinajstić information content (AvgIpc) is 3.02. The van der Waals surface area contributed by atoms with E-state index in [9.17, 15) is 0 Å². The Morgan fingerprint density at radius 3 is 2.57 bits per heavy atom. The van der Waals surface area contributed by atoms with Gasteiger partial charge in [-0.3, -0.25) is 4.90 Å². The first-order valence-corrected chi connectivity index (χ1v) is 8.36. The summed E-state index contributed by atoms with van der Waals surface area (Å²) < 4.78 is 5.23. The molecule has 0 bridgehead atoms. The molecule has 1 aromatic carbocycles. The molecule has 1 aliphatic heterocycles. The summed E-state index contributed by atoms with van der Waals surface area (Å²) in [5.41, 5.74) is 7.77. The highest BCUT2D eigenvalue weighted by Gasteiger charge is 2.38. The third-order valence-corrected chi connectivity index (χ3v) is 5.58. The lowest BCUT2D eigenvalue weighted by Crippen LogP contribution is -2.50. The molecule has 2 aliphatic rings. The van der Waals surface area contributed by atoms with Crippen molar-refractivity contribution in [3.05, 3.63) is 29.8 Å². The van der Waals surface area contributed by atoms with Crippen LogP contribution < -0.4 is 10.5 Å². The number of nitrogens with zero attached hydrogens (tertiary/aromatic N) is 1. The molecule has 3 heteroatoms. The number of rotatable bonds is 4. The Bertz CT molecular complexity index is 459. The van der Waals surface area contributed by atoms with Crippen molar-refractivity contribution in [3.8, 4) is 5.75 Å². The topological polar surface area (TPSA) is 38.5 Å². The number of methoxy groups -OCH3 is 1. The summed E-state index contributed by atoms with van der Waals surface area (Å²) in [5, 5.41) is 0. The molecule has 4 atom stereocenters. The van der Waals surface area contributed by atoms with Crippen molar-refractivity contribution in [2.75, 3.05) is 13.7 Å². The Balaban J connectivity index is 1.72. The van der Waals surface area contributed by atoms with E-state index in [4.69, 9.17) is 10.5 Å². The molecule has 0 spiro atoms. The van der Waals surface area contributed by atoms with E-state index in [1.54, 1.807) is 7.11 Å².